The second kappa shape index (κ2) is 13.7. The zero-order chi connectivity index (χ0) is 26.7. The second-order valence-corrected chi connectivity index (χ2v) is 9.71. The van der Waals surface area contributed by atoms with Crippen LogP contribution >= 0.6 is 11.6 Å². The van der Waals surface area contributed by atoms with E-state index in [1.165, 1.54) is 5.56 Å². The highest BCUT2D eigenvalue weighted by Crippen LogP contribution is 2.22. The van der Waals surface area contributed by atoms with Crippen molar-refractivity contribution in [1.82, 2.24) is 15.2 Å². The fourth-order valence-electron chi connectivity index (χ4n) is 4.31. The summed E-state index contributed by atoms with van der Waals surface area (Å²) in [6.07, 6.45) is 2.94. The van der Waals surface area contributed by atoms with Gasteiger partial charge in [-0.05, 0) is 72.0 Å². The monoisotopic (exact) mass is 528 g/mol. The summed E-state index contributed by atoms with van der Waals surface area (Å²) in [5.74, 6) is 0.0914. The van der Waals surface area contributed by atoms with Gasteiger partial charge in [-0.3, -0.25) is 4.79 Å². The van der Waals surface area contributed by atoms with Gasteiger partial charge in [-0.1, -0.05) is 72.3 Å². The number of carbonyl (C=O) groups excluding carboxylic acids is 1. The summed E-state index contributed by atoms with van der Waals surface area (Å²) in [5.41, 5.74) is 11.5. The van der Waals surface area contributed by atoms with Gasteiger partial charge < -0.3 is 21.1 Å². The summed E-state index contributed by atoms with van der Waals surface area (Å²) < 4.78 is 0. The predicted octanol–water partition coefficient (Wildman–Crippen LogP) is 5.19. The van der Waals surface area contributed by atoms with Gasteiger partial charge in [0.2, 0.25) is 5.91 Å². The Bertz CT molecular complexity index is 1300. The minimum absolute atomic E-state index is 0.0975. The average molecular weight is 529 g/mol. The van der Waals surface area contributed by atoms with Crippen molar-refractivity contribution in [3.8, 4) is 16.9 Å². The fraction of sp³-hybridized carbons (Fsp3) is 0.226. The van der Waals surface area contributed by atoms with Gasteiger partial charge in [0.05, 0.1) is 6.04 Å². The standard InChI is InChI=1S/C31H33ClN4O2/c32-30-15-12-27(21-35-30)26-9-4-8-25(18-26)22-36(17-5-16-34-20-24-6-2-1-3-7-24)31(38)29(33)19-23-10-13-28(37)14-11-23/h1-4,6-15,18,21,29,34,37H,5,16-17,19-20,22,33H2/t29-/m0/s1. The Morgan fingerprint density at radius 2 is 1.68 bits per heavy atom. The zero-order valence-electron chi connectivity index (χ0n) is 21.3. The topological polar surface area (TPSA) is 91.5 Å². The lowest BCUT2D eigenvalue weighted by Gasteiger charge is -2.26. The smallest absolute Gasteiger partial charge is 0.240 e. The van der Waals surface area contributed by atoms with Crippen molar-refractivity contribution in [1.29, 1.82) is 0 Å². The molecule has 196 valence electrons. The van der Waals surface area contributed by atoms with Gasteiger partial charge in [0, 0.05) is 31.4 Å². The van der Waals surface area contributed by atoms with Gasteiger partial charge in [0.25, 0.3) is 0 Å². The average Bonchev–Trinajstić information content (AvgIpc) is 2.94. The molecule has 0 saturated heterocycles. The number of halogens is 1. The molecule has 0 aliphatic carbocycles. The number of carbonyl (C=O) groups is 1. The van der Waals surface area contributed by atoms with E-state index in [-0.39, 0.29) is 11.7 Å². The summed E-state index contributed by atoms with van der Waals surface area (Å²) in [6, 6.07) is 28.2. The maximum Gasteiger partial charge on any atom is 0.240 e. The van der Waals surface area contributed by atoms with Crippen LogP contribution in [0.2, 0.25) is 5.15 Å². The molecule has 0 aliphatic heterocycles. The second-order valence-electron chi connectivity index (χ2n) is 9.32. The molecular formula is C31H33ClN4O2. The van der Waals surface area contributed by atoms with Crippen LogP contribution < -0.4 is 11.1 Å². The van der Waals surface area contributed by atoms with Crippen LogP contribution in [0.5, 0.6) is 5.75 Å². The molecule has 1 atom stereocenters. The summed E-state index contributed by atoms with van der Waals surface area (Å²) >= 11 is 5.95. The molecule has 0 fully saturated rings. The van der Waals surface area contributed by atoms with Crippen LogP contribution in [-0.4, -0.2) is 40.0 Å². The highest BCUT2D eigenvalue weighted by molar-refractivity contribution is 6.29. The number of nitrogens with one attached hydrogen (secondary N) is 1. The molecule has 0 saturated carbocycles. The van der Waals surface area contributed by atoms with E-state index in [9.17, 15) is 9.90 Å². The first-order valence-electron chi connectivity index (χ1n) is 12.8. The van der Waals surface area contributed by atoms with Gasteiger partial charge in [0.1, 0.15) is 10.9 Å². The number of aromatic hydroxyl groups is 1. The molecule has 0 radical (unpaired) electrons. The van der Waals surface area contributed by atoms with E-state index in [0.29, 0.717) is 24.7 Å². The number of benzene rings is 3. The SMILES string of the molecule is N[C@@H](Cc1ccc(O)cc1)C(=O)N(CCCNCc1ccccc1)Cc1cccc(-c2ccc(Cl)nc2)c1. The zero-order valence-corrected chi connectivity index (χ0v) is 22.0. The molecule has 4 N–H and O–H groups in total. The molecule has 7 heteroatoms. The molecule has 6 nitrogen and oxygen atoms in total. The molecule has 0 unspecified atom stereocenters. The minimum atomic E-state index is -0.680. The summed E-state index contributed by atoms with van der Waals surface area (Å²) in [5, 5.41) is 13.5. The number of hydrogen-bond acceptors (Lipinski definition) is 5. The van der Waals surface area contributed by atoms with Crippen LogP contribution in [0.25, 0.3) is 11.1 Å². The number of nitrogens with zero attached hydrogens (tertiary/aromatic N) is 2. The first kappa shape index (κ1) is 27.3. The Labute approximate surface area is 229 Å². The maximum absolute atomic E-state index is 13.5. The third-order valence-electron chi connectivity index (χ3n) is 6.34. The van der Waals surface area contributed by atoms with Gasteiger partial charge in [-0.25, -0.2) is 4.98 Å². The highest BCUT2D eigenvalue weighted by atomic mass is 35.5. The fourth-order valence-corrected chi connectivity index (χ4v) is 4.43. The van der Waals surface area contributed by atoms with Crippen molar-refractivity contribution >= 4 is 17.5 Å². The van der Waals surface area contributed by atoms with E-state index in [4.69, 9.17) is 17.3 Å². The predicted molar refractivity (Wildman–Crippen MR) is 153 cm³/mol. The molecular weight excluding hydrogens is 496 g/mol. The Morgan fingerprint density at radius 1 is 0.921 bits per heavy atom. The molecule has 38 heavy (non-hydrogen) atoms. The number of nitrogens with two attached hydrogens (primary N) is 1. The van der Waals surface area contributed by atoms with E-state index in [1.54, 1.807) is 36.5 Å². The third-order valence-corrected chi connectivity index (χ3v) is 6.56. The minimum Gasteiger partial charge on any atom is -0.508 e. The Kier molecular flexibility index (Phi) is 9.87. The molecule has 0 spiro atoms. The van der Waals surface area contributed by atoms with Crippen LogP contribution in [0.15, 0.2) is 97.2 Å². The first-order chi connectivity index (χ1) is 18.5. The quantitative estimate of drug-likeness (QED) is 0.174. The van der Waals surface area contributed by atoms with E-state index >= 15 is 0 Å². The van der Waals surface area contributed by atoms with Gasteiger partial charge in [-0.15, -0.1) is 0 Å². The van der Waals surface area contributed by atoms with Crippen molar-refractivity contribution < 1.29 is 9.90 Å². The van der Waals surface area contributed by atoms with Crippen LogP contribution in [0.3, 0.4) is 0 Å². The van der Waals surface area contributed by atoms with Crippen LogP contribution in [-0.2, 0) is 24.3 Å². The van der Waals surface area contributed by atoms with Crippen molar-refractivity contribution in [3.63, 3.8) is 0 Å². The molecule has 1 aromatic heterocycles. The number of aromatic nitrogens is 1. The van der Waals surface area contributed by atoms with Gasteiger partial charge >= 0.3 is 0 Å². The first-order valence-corrected chi connectivity index (χ1v) is 13.1. The van der Waals surface area contributed by atoms with Crippen molar-refractivity contribution in [2.75, 3.05) is 13.1 Å². The van der Waals surface area contributed by atoms with Crippen molar-refractivity contribution in [2.45, 2.75) is 32.0 Å². The summed E-state index contributed by atoms with van der Waals surface area (Å²) in [6.45, 7) is 2.60. The van der Waals surface area contributed by atoms with E-state index < -0.39 is 6.04 Å². The summed E-state index contributed by atoms with van der Waals surface area (Å²) in [7, 11) is 0. The number of amides is 1. The number of phenolic OH excluding ortho intramolecular Hbond substituents is 1. The lowest BCUT2D eigenvalue weighted by atomic mass is 10.0. The van der Waals surface area contributed by atoms with Crippen molar-refractivity contribution in [3.05, 3.63) is 119 Å². The van der Waals surface area contributed by atoms with Crippen LogP contribution in [0, 0.1) is 0 Å². The third kappa shape index (κ3) is 8.15. The number of pyridine rings is 1. The van der Waals surface area contributed by atoms with Gasteiger partial charge in [0.15, 0.2) is 0 Å². The molecule has 4 aromatic rings. The van der Waals surface area contributed by atoms with Crippen LogP contribution in [0.4, 0.5) is 0 Å². The molecule has 0 bridgehead atoms. The van der Waals surface area contributed by atoms with Gasteiger partial charge in [-0.2, -0.15) is 0 Å². The van der Waals surface area contributed by atoms with Crippen LogP contribution in [0.1, 0.15) is 23.1 Å². The number of rotatable bonds is 12. The number of phenols is 1. The molecule has 1 heterocycles. The molecule has 1 amide bonds. The molecule has 0 aliphatic rings. The Balaban J connectivity index is 1.43. The van der Waals surface area contributed by atoms with Crippen molar-refractivity contribution in [2.24, 2.45) is 5.73 Å². The largest absolute Gasteiger partial charge is 0.508 e. The Morgan fingerprint density at radius 3 is 2.42 bits per heavy atom. The van der Waals surface area contributed by atoms with E-state index in [2.05, 4.69) is 28.5 Å². The normalized spacial score (nSPS) is 11.7. The molecule has 3 aromatic carbocycles. The number of hydrogen-bond donors (Lipinski definition) is 3. The highest BCUT2D eigenvalue weighted by Gasteiger charge is 2.21. The Hall–Kier alpha value is -3.71. The van der Waals surface area contributed by atoms with E-state index in [0.717, 1.165) is 41.8 Å². The molecule has 4 rings (SSSR count). The van der Waals surface area contributed by atoms with E-state index in [1.807, 2.05) is 47.4 Å². The summed E-state index contributed by atoms with van der Waals surface area (Å²) in [4.78, 5) is 19.5. The lowest BCUT2D eigenvalue weighted by Crippen LogP contribution is -2.45. The lowest BCUT2D eigenvalue weighted by molar-refractivity contribution is -0.133. The maximum atomic E-state index is 13.5.